The van der Waals surface area contributed by atoms with Crippen molar-refractivity contribution in [1.29, 1.82) is 0 Å². The molecule has 2 aliphatic rings. The highest BCUT2D eigenvalue weighted by Gasteiger charge is 2.39. The number of halogens is 1. The maximum atomic E-state index is 11.6. The van der Waals surface area contributed by atoms with Crippen molar-refractivity contribution in [1.82, 2.24) is 10.3 Å². The normalized spacial score (nSPS) is 23.0. The second-order valence-corrected chi connectivity index (χ2v) is 8.10. The molecule has 2 unspecified atom stereocenters. The number of hydrogen-bond donors (Lipinski definition) is 2. The first-order chi connectivity index (χ1) is 11.3. The van der Waals surface area contributed by atoms with Gasteiger partial charge in [0.2, 0.25) is 16.3 Å². The number of rotatable bonds is 4. The van der Waals surface area contributed by atoms with E-state index in [-0.39, 0.29) is 10.9 Å². The van der Waals surface area contributed by atoms with Crippen molar-refractivity contribution in [3.05, 3.63) is 18.2 Å². The molecule has 0 aliphatic carbocycles. The Bertz CT molecular complexity index is 768. The first-order valence-electron chi connectivity index (χ1n) is 7.48. The number of fused-ring (bicyclic) bond motifs is 2. The standard InChI is InChI=1S/C14H20ClN5O3S/c1-19(2)5-6-20-10-4-3-9(24(16,21)22)7-12(10)23-14-11(20)8-13(15)17-18-14/h3-4,7,11,14,18H,5-6,8H2,1-2H3,(H2,16,21,22). The summed E-state index contributed by atoms with van der Waals surface area (Å²) < 4.78 is 29.1. The number of nitrogens with zero attached hydrogens (tertiary/aromatic N) is 3. The van der Waals surface area contributed by atoms with Crippen LogP contribution in [0.3, 0.4) is 0 Å². The van der Waals surface area contributed by atoms with Gasteiger partial charge in [0.1, 0.15) is 10.9 Å². The molecule has 24 heavy (non-hydrogen) atoms. The number of ether oxygens (including phenoxy) is 1. The summed E-state index contributed by atoms with van der Waals surface area (Å²) in [6.45, 7) is 1.57. The average molecular weight is 374 g/mol. The molecule has 3 N–H and O–H groups in total. The molecule has 0 bridgehead atoms. The van der Waals surface area contributed by atoms with Gasteiger partial charge in [-0.05, 0) is 26.2 Å². The Kier molecular flexibility index (Phi) is 4.60. The molecule has 132 valence electrons. The van der Waals surface area contributed by atoms with Crippen LogP contribution in [0.2, 0.25) is 0 Å². The fourth-order valence-corrected chi connectivity index (χ4v) is 3.57. The highest BCUT2D eigenvalue weighted by atomic mass is 35.5. The number of hydrazone groups is 1. The second kappa shape index (κ2) is 6.40. The lowest BCUT2D eigenvalue weighted by atomic mass is 10.1. The number of sulfonamides is 1. The van der Waals surface area contributed by atoms with Crippen LogP contribution in [0.5, 0.6) is 5.75 Å². The highest BCUT2D eigenvalue weighted by Crippen LogP contribution is 2.39. The van der Waals surface area contributed by atoms with Crippen LogP contribution in [0, 0.1) is 0 Å². The smallest absolute Gasteiger partial charge is 0.238 e. The first-order valence-corrected chi connectivity index (χ1v) is 9.40. The van der Waals surface area contributed by atoms with Gasteiger partial charge >= 0.3 is 0 Å². The topological polar surface area (TPSA) is 100 Å². The number of benzene rings is 1. The molecule has 0 spiro atoms. The average Bonchev–Trinajstić information content (AvgIpc) is 2.50. The van der Waals surface area contributed by atoms with Gasteiger partial charge < -0.3 is 14.5 Å². The molecule has 0 radical (unpaired) electrons. The lowest BCUT2D eigenvalue weighted by Gasteiger charge is -2.44. The van der Waals surface area contributed by atoms with Crippen LogP contribution in [0.15, 0.2) is 28.2 Å². The number of nitrogens with two attached hydrogens (primary N) is 1. The van der Waals surface area contributed by atoms with E-state index in [1.165, 1.54) is 12.1 Å². The van der Waals surface area contributed by atoms with Crippen LogP contribution < -0.4 is 20.2 Å². The van der Waals surface area contributed by atoms with E-state index in [0.29, 0.717) is 17.3 Å². The lowest BCUT2D eigenvalue weighted by molar-refractivity contribution is 0.114. The quantitative estimate of drug-likeness (QED) is 0.789. The zero-order chi connectivity index (χ0) is 17.5. The van der Waals surface area contributed by atoms with Crippen LogP contribution in [0.4, 0.5) is 5.69 Å². The molecule has 0 aromatic heterocycles. The van der Waals surface area contributed by atoms with Crippen LogP contribution >= 0.6 is 11.6 Å². The molecule has 0 amide bonds. The van der Waals surface area contributed by atoms with Gasteiger partial charge in [-0.15, -0.1) is 0 Å². The molecule has 2 atom stereocenters. The lowest BCUT2D eigenvalue weighted by Crippen LogP contribution is -2.58. The van der Waals surface area contributed by atoms with E-state index in [9.17, 15) is 8.42 Å². The largest absolute Gasteiger partial charge is 0.465 e. The summed E-state index contributed by atoms with van der Waals surface area (Å²) in [5.74, 6) is 0.460. The summed E-state index contributed by atoms with van der Waals surface area (Å²) in [6, 6.07) is 4.64. The predicted molar refractivity (Wildman–Crippen MR) is 93.0 cm³/mol. The van der Waals surface area contributed by atoms with Crippen molar-refractivity contribution >= 4 is 32.5 Å². The van der Waals surface area contributed by atoms with Gasteiger partial charge in [0, 0.05) is 25.6 Å². The molecular formula is C14H20ClN5O3S. The van der Waals surface area contributed by atoms with Gasteiger partial charge in [-0.25, -0.2) is 13.6 Å². The van der Waals surface area contributed by atoms with Gasteiger partial charge in [0.05, 0.1) is 16.6 Å². The summed E-state index contributed by atoms with van der Waals surface area (Å²) in [5, 5.41) is 9.71. The second-order valence-electron chi connectivity index (χ2n) is 6.10. The maximum absolute atomic E-state index is 11.6. The monoisotopic (exact) mass is 373 g/mol. The summed E-state index contributed by atoms with van der Waals surface area (Å²) in [6.07, 6.45) is 0.154. The fraction of sp³-hybridized carbons (Fsp3) is 0.500. The van der Waals surface area contributed by atoms with E-state index in [4.69, 9.17) is 21.5 Å². The molecule has 1 aromatic rings. The van der Waals surface area contributed by atoms with Crippen molar-refractivity contribution in [2.24, 2.45) is 10.2 Å². The molecule has 0 saturated carbocycles. The Labute approximate surface area is 146 Å². The van der Waals surface area contributed by atoms with Gasteiger partial charge in [0.15, 0.2) is 0 Å². The van der Waals surface area contributed by atoms with Crippen molar-refractivity contribution in [2.75, 3.05) is 32.1 Å². The third-order valence-corrected chi connectivity index (χ3v) is 5.20. The van der Waals surface area contributed by atoms with Crippen molar-refractivity contribution in [2.45, 2.75) is 23.6 Å². The molecule has 1 aromatic carbocycles. The number of hydrogen-bond acceptors (Lipinski definition) is 7. The number of primary sulfonamides is 1. The Balaban J connectivity index is 1.99. The summed E-state index contributed by atoms with van der Waals surface area (Å²) >= 11 is 6.08. The molecule has 2 heterocycles. The van der Waals surface area contributed by atoms with E-state index in [1.807, 2.05) is 14.1 Å². The predicted octanol–water partition coefficient (Wildman–Crippen LogP) is 0.335. The molecule has 0 fully saturated rings. The number of nitrogens with one attached hydrogen (secondary N) is 1. The Morgan fingerprint density at radius 2 is 2.25 bits per heavy atom. The SMILES string of the molecule is CN(C)CCN1c2ccc(S(N)(=O)=O)cc2OC2NN=C(Cl)CC21. The molecule has 10 heteroatoms. The summed E-state index contributed by atoms with van der Waals surface area (Å²) in [4.78, 5) is 4.26. The molecule has 8 nitrogen and oxygen atoms in total. The third-order valence-electron chi connectivity index (χ3n) is 4.05. The fourth-order valence-electron chi connectivity index (χ4n) is 2.84. The van der Waals surface area contributed by atoms with E-state index >= 15 is 0 Å². The maximum Gasteiger partial charge on any atom is 0.238 e. The summed E-state index contributed by atoms with van der Waals surface area (Å²) in [7, 11) is 0.200. The minimum atomic E-state index is -3.79. The minimum Gasteiger partial charge on any atom is -0.465 e. The van der Waals surface area contributed by atoms with E-state index in [1.54, 1.807) is 6.07 Å². The van der Waals surface area contributed by atoms with Gasteiger partial charge in [-0.3, -0.25) is 5.43 Å². The molecule has 3 rings (SSSR count). The van der Waals surface area contributed by atoms with E-state index < -0.39 is 16.3 Å². The molecule has 0 saturated heterocycles. The van der Waals surface area contributed by atoms with Gasteiger partial charge in [-0.1, -0.05) is 11.6 Å². The zero-order valence-corrected chi connectivity index (χ0v) is 15.0. The number of likely N-dealkylation sites (N-methyl/N-ethyl adjacent to an activating group) is 1. The van der Waals surface area contributed by atoms with Crippen molar-refractivity contribution in [3.8, 4) is 5.75 Å². The first kappa shape index (κ1) is 17.3. The highest BCUT2D eigenvalue weighted by molar-refractivity contribution is 7.89. The number of anilines is 1. The van der Waals surface area contributed by atoms with Crippen LogP contribution in [0.25, 0.3) is 0 Å². The Hall–Kier alpha value is -1.55. The van der Waals surface area contributed by atoms with Gasteiger partial charge in [-0.2, -0.15) is 5.10 Å². The molecular weight excluding hydrogens is 354 g/mol. The van der Waals surface area contributed by atoms with E-state index in [2.05, 4.69) is 20.3 Å². The van der Waals surface area contributed by atoms with Crippen LogP contribution in [-0.4, -0.2) is 57.9 Å². The Morgan fingerprint density at radius 1 is 1.50 bits per heavy atom. The van der Waals surface area contributed by atoms with Gasteiger partial charge in [0.25, 0.3) is 0 Å². The molecule has 2 aliphatic heterocycles. The zero-order valence-electron chi connectivity index (χ0n) is 13.4. The van der Waals surface area contributed by atoms with Crippen molar-refractivity contribution in [3.63, 3.8) is 0 Å². The van der Waals surface area contributed by atoms with Crippen LogP contribution in [0.1, 0.15) is 6.42 Å². The van der Waals surface area contributed by atoms with E-state index in [0.717, 1.165) is 18.8 Å². The Morgan fingerprint density at radius 3 is 2.92 bits per heavy atom. The third kappa shape index (κ3) is 3.44. The minimum absolute atomic E-state index is 0.0182. The van der Waals surface area contributed by atoms with Crippen LogP contribution in [-0.2, 0) is 10.0 Å². The summed E-state index contributed by atoms with van der Waals surface area (Å²) in [5.41, 5.74) is 3.70. The van der Waals surface area contributed by atoms with Crippen molar-refractivity contribution < 1.29 is 13.2 Å².